The van der Waals surface area contributed by atoms with Gasteiger partial charge in [-0.15, -0.1) is 22.7 Å². The minimum absolute atomic E-state index is 0.00131. The summed E-state index contributed by atoms with van der Waals surface area (Å²) in [5.41, 5.74) is 6.72. The first-order chi connectivity index (χ1) is 15.7. The van der Waals surface area contributed by atoms with Crippen LogP contribution in [0, 0.1) is 0 Å². The van der Waals surface area contributed by atoms with E-state index in [1.807, 2.05) is 0 Å². The number of rotatable bonds is 4. The first-order valence-corrected chi connectivity index (χ1v) is 12.1. The molecule has 0 saturated heterocycles. The van der Waals surface area contributed by atoms with E-state index in [4.69, 9.17) is 5.73 Å². The minimum Gasteiger partial charge on any atom is -0.365 e. The molecule has 174 valence electrons. The molecule has 5 rings (SSSR count). The van der Waals surface area contributed by atoms with Crippen LogP contribution in [-0.4, -0.2) is 27.8 Å². The number of nitrogens with zero attached hydrogens (tertiary/aromatic N) is 2. The maximum atomic E-state index is 13.8. The molecule has 3 aromatic heterocycles. The van der Waals surface area contributed by atoms with Crippen molar-refractivity contribution in [3.8, 4) is 0 Å². The lowest BCUT2D eigenvalue weighted by Crippen LogP contribution is -2.36. The number of primary amides is 1. The van der Waals surface area contributed by atoms with E-state index in [9.17, 15) is 22.8 Å². The molecule has 12 heteroatoms. The summed E-state index contributed by atoms with van der Waals surface area (Å²) in [6, 6.07) is 1.06. The Morgan fingerprint density at radius 3 is 2.76 bits per heavy atom. The molecule has 4 heterocycles. The van der Waals surface area contributed by atoms with E-state index in [1.165, 1.54) is 22.7 Å². The first-order valence-electron chi connectivity index (χ1n) is 10.4. The zero-order chi connectivity index (χ0) is 23.3. The summed E-state index contributed by atoms with van der Waals surface area (Å²) in [5, 5.41) is 11.8. The van der Waals surface area contributed by atoms with Crippen molar-refractivity contribution >= 4 is 45.3 Å². The Labute approximate surface area is 194 Å². The van der Waals surface area contributed by atoms with Gasteiger partial charge in [-0.25, -0.2) is 4.68 Å². The van der Waals surface area contributed by atoms with Gasteiger partial charge in [0, 0.05) is 16.2 Å². The average molecular weight is 496 g/mol. The standard InChI is InChI=1S/C21H20F3N5O2S2/c22-21(23,24)15-8-12(14-6-3-7-32-14)27-18-11(9-26-29(15)18)19(31)28-20-16(17(25)30)10-4-1-2-5-13(10)33-20/h3,6-7,9,12,15,27H,1-2,4-5,8H2,(H2,25,30)(H,28,31)/t12-,15+/m1/s1. The van der Waals surface area contributed by atoms with Gasteiger partial charge >= 0.3 is 6.18 Å². The molecule has 1 aliphatic carbocycles. The Morgan fingerprint density at radius 2 is 2.06 bits per heavy atom. The quantitative estimate of drug-likeness (QED) is 0.479. The molecule has 7 nitrogen and oxygen atoms in total. The Hall–Kier alpha value is -2.86. The van der Waals surface area contributed by atoms with Gasteiger partial charge in [-0.1, -0.05) is 6.07 Å². The third kappa shape index (κ3) is 3.90. The molecule has 0 bridgehead atoms. The minimum atomic E-state index is -4.53. The number of aryl methyl sites for hydroxylation is 1. The lowest BCUT2D eigenvalue weighted by atomic mass is 9.95. The molecule has 2 atom stereocenters. The molecule has 4 N–H and O–H groups in total. The van der Waals surface area contributed by atoms with Crippen molar-refractivity contribution in [1.82, 2.24) is 9.78 Å². The largest absolute Gasteiger partial charge is 0.410 e. The van der Waals surface area contributed by atoms with Crippen LogP contribution in [0.15, 0.2) is 23.7 Å². The second kappa shape index (κ2) is 8.17. The van der Waals surface area contributed by atoms with Crippen molar-refractivity contribution in [1.29, 1.82) is 0 Å². The summed E-state index contributed by atoms with van der Waals surface area (Å²) in [5.74, 6) is -1.27. The van der Waals surface area contributed by atoms with Gasteiger partial charge in [0.2, 0.25) is 0 Å². The van der Waals surface area contributed by atoms with Gasteiger partial charge in [-0.2, -0.15) is 18.3 Å². The van der Waals surface area contributed by atoms with Crippen molar-refractivity contribution in [2.45, 2.75) is 50.4 Å². The van der Waals surface area contributed by atoms with Crippen LogP contribution in [-0.2, 0) is 12.8 Å². The number of halogens is 3. The maximum Gasteiger partial charge on any atom is 0.410 e. The molecule has 2 amide bonds. The number of fused-ring (bicyclic) bond motifs is 2. The number of thiophene rings is 2. The smallest absolute Gasteiger partial charge is 0.365 e. The van der Waals surface area contributed by atoms with Crippen molar-refractivity contribution in [2.75, 3.05) is 10.6 Å². The van der Waals surface area contributed by atoms with Gasteiger partial charge in [0.1, 0.15) is 16.4 Å². The van der Waals surface area contributed by atoms with Crippen LogP contribution in [0.25, 0.3) is 0 Å². The lowest BCUT2D eigenvalue weighted by molar-refractivity contribution is -0.173. The summed E-state index contributed by atoms with van der Waals surface area (Å²) in [6.45, 7) is 0. The molecule has 0 saturated carbocycles. The molecule has 0 spiro atoms. The lowest BCUT2D eigenvalue weighted by Gasteiger charge is -2.33. The van der Waals surface area contributed by atoms with Gasteiger partial charge in [0.25, 0.3) is 11.8 Å². The van der Waals surface area contributed by atoms with E-state index in [0.29, 0.717) is 17.0 Å². The number of anilines is 2. The summed E-state index contributed by atoms with van der Waals surface area (Å²) in [4.78, 5) is 27.0. The van der Waals surface area contributed by atoms with Gasteiger partial charge < -0.3 is 16.4 Å². The van der Waals surface area contributed by atoms with Gasteiger partial charge in [0.05, 0.1) is 17.8 Å². The van der Waals surface area contributed by atoms with Crippen LogP contribution in [0.1, 0.15) is 67.4 Å². The fourth-order valence-corrected chi connectivity index (χ4v) is 6.57. The average Bonchev–Trinajstić information content (AvgIpc) is 3.49. The van der Waals surface area contributed by atoms with Crippen molar-refractivity contribution in [3.05, 3.63) is 50.2 Å². The maximum absolute atomic E-state index is 13.8. The Morgan fingerprint density at radius 1 is 1.27 bits per heavy atom. The highest BCUT2D eigenvalue weighted by Gasteiger charge is 2.47. The van der Waals surface area contributed by atoms with Crippen molar-refractivity contribution in [2.24, 2.45) is 5.73 Å². The van der Waals surface area contributed by atoms with E-state index in [-0.39, 0.29) is 17.8 Å². The Kier molecular flexibility index (Phi) is 5.44. The summed E-state index contributed by atoms with van der Waals surface area (Å²) < 4.78 is 42.3. The molecule has 1 aliphatic heterocycles. The molecule has 33 heavy (non-hydrogen) atoms. The van der Waals surface area contributed by atoms with Crippen molar-refractivity contribution < 1.29 is 22.8 Å². The predicted molar refractivity (Wildman–Crippen MR) is 120 cm³/mol. The number of carbonyl (C=O) groups excluding carboxylic acids is 2. The number of hydrogen-bond acceptors (Lipinski definition) is 6. The third-order valence-corrected chi connectivity index (χ3v) is 8.21. The number of amides is 2. The first kappa shape index (κ1) is 22.0. The molecule has 0 unspecified atom stereocenters. The highest BCUT2D eigenvalue weighted by molar-refractivity contribution is 7.17. The van der Waals surface area contributed by atoms with Gasteiger partial charge in [-0.05, 0) is 42.7 Å². The van der Waals surface area contributed by atoms with Crippen LogP contribution in [0.2, 0.25) is 0 Å². The molecule has 0 aromatic carbocycles. The molecule has 2 aliphatic rings. The topological polar surface area (TPSA) is 102 Å². The van der Waals surface area contributed by atoms with E-state index in [2.05, 4.69) is 15.7 Å². The second-order valence-electron chi connectivity index (χ2n) is 8.09. The number of alkyl halides is 3. The molecular formula is C21H20F3N5O2S2. The van der Waals surface area contributed by atoms with Crippen LogP contribution in [0.5, 0.6) is 0 Å². The Bertz CT molecular complexity index is 1220. The zero-order valence-corrected chi connectivity index (χ0v) is 18.9. The third-order valence-electron chi connectivity index (χ3n) is 6.01. The van der Waals surface area contributed by atoms with Crippen LogP contribution >= 0.6 is 22.7 Å². The second-order valence-corrected chi connectivity index (χ2v) is 10.2. The number of nitrogens with one attached hydrogen (secondary N) is 2. The predicted octanol–water partition coefficient (Wildman–Crippen LogP) is 4.90. The van der Waals surface area contributed by atoms with E-state index >= 15 is 0 Å². The fourth-order valence-electron chi connectivity index (χ4n) is 4.49. The van der Waals surface area contributed by atoms with Crippen LogP contribution in [0.3, 0.4) is 0 Å². The van der Waals surface area contributed by atoms with Crippen LogP contribution in [0.4, 0.5) is 24.0 Å². The van der Waals surface area contributed by atoms with E-state index < -0.39 is 30.1 Å². The van der Waals surface area contributed by atoms with Gasteiger partial charge in [-0.3, -0.25) is 9.59 Å². The van der Waals surface area contributed by atoms with Gasteiger partial charge in [0.15, 0.2) is 6.04 Å². The molecule has 0 radical (unpaired) electrons. The van der Waals surface area contributed by atoms with Crippen LogP contribution < -0.4 is 16.4 Å². The molecule has 3 aromatic rings. The number of hydrogen-bond donors (Lipinski definition) is 3. The summed E-state index contributed by atoms with van der Waals surface area (Å²) in [7, 11) is 0. The number of aromatic nitrogens is 2. The highest BCUT2D eigenvalue weighted by Crippen LogP contribution is 2.45. The van der Waals surface area contributed by atoms with Crippen molar-refractivity contribution in [3.63, 3.8) is 0 Å². The SMILES string of the molecule is NC(=O)c1c(NC(=O)c2cnn3c2N[C@@H](c2cccs2)C[C@H]3C(F)(F)F)sc2c1CCCC2. The van der Waals surface area contributed by atoms with E-state index in [1.54, 1.807) is 17.5 Å². The molecule has 0 fully saturated rings. The molecular weight excluding hydrogens is 475 g/mol. The summed E-state index contributed by atoms with van der Waals surface area (Å²) >= 11 is 2.64. The Balaban J connectivity index is 1.50. The van der Waals surface area contributed by atoms with E-state index in [0.717, 1.165) is 45.5 Å². The monoisotopic (exact) mass is 495 g/mol. The number of nitrogens with two attached hydrogens (primary N) is 1. The highest BCUT2D eigenvalue weighted by atomic mass is 32.1. The number of carbonyl (C=O) groups is 2. The zero-order valence-electron chi connectivity index (χ0n) is 17.2. The summed E-state index contributed by atoms with van der Waals surface area (Å²) in [6.07, 6.45) is -0.201. The normalized spacial score (nSPS) is 20.0. The fraction of sp³-hybridized carbons (Fsp3) is 0.381.